The number of hydrogen-bond donors (Lipinski definition) is 2. The van der Waals surface area contributed by atoms with Gasteiger partial charge in [0.1, 0.15) is 17.7 Å². The molecule has 39 heavy (non-hydrogen) atoms. The van der Waals surface area contributed by atoms with Crippen molar-refractivity contribution in [3.05, 3.63) is 76.7 Å². The van der Waals surface area contributed by atoms with Crippen molar-refractivity contribution in [2.24, 2.45) is 17.8 Å². The number of carboxylic acid groups (broad SMARTS) is 1. The average molecular weight is 533 g/mol. The van der Waals surface area contributed by atoms with Crippen molar-refractivity contribution < 1.29 is 28.9 Å². The van der Waals surface area contributed by atoms with Gasteiger partial charge >= 0.3 is 5.97 Å². The number of carbonyl (C=O) groups is 1. The molecule has 2 aromatic carbocycles. The van der Waals surface area contributed by atoms with E-state index in [1.54, 1.807) is 18.2 Å². The summed E-state index contributed by atoms with van der Waals surface area (Å²) in [7, 11) is 1.52. The minimum absolute atomic E-state index is 0.210. The molecule has 1 aliphatic carbocycles. The van der Waals surface area contributed by atoms with E-state index in [9.17, 15) is 19.4 Å². The molecule has 0 bridgehead atoms. The Balaban J connectivity index is 1.31. The number of nitrogens with zero attached hydrogens (tertiary/aromatic N) is 2. The van der Waals surface area contributed by atoms with Crippen LogP contribution < -0.4 is 9.47 Å². The fourth-order valence-corrected chi connectivity index (χ4v) is 6.04. The predicted octanol–water partition coefficient (Wildman–Crippen LogP) is 5.17. The minimum Gasteiger partial charge on any atom is -0.485 e. The van der Waals surface area contributed by atoms with Crippen LogP contribution in [-0.2, 0) is 17.8 Å². The second-order valence-electron chi connectivity index (χ2n) is 11.2. The van der Waals surface area contributed by atoms with E-state index >= 15 is 0 Å². The number of aryl methyl sites for hydroxylation is 1. The van der Waals surface area contributed by atoms with Crippen molar-refractivity contribution in [1.29, 1.82) is 0 Å². The van der Waals surface area contributed by atoms with Crippen LogP contribution in [-0.4, -0.2) is 46.3 Å². The summed E-state index contributed by atoms with van der Waals surface area (Å²) in [5, 5.41) is 19.9. The lowest BCUT2D eigenvalue weighted by Gasteiger charge is -2.29. The molecule has 2 fully saturated rings. The molecule has 2 aliphatic heterocycles. The molecule has 1 saturated heterocycles. The molecule has 8 heteroatoms. The quantitative estimate of drug-likeness (QED) is 0.414. The van der Waals surface area contributed by atoms with Crippen LogP contribution in [0.3, 0.4) is 0 Å². The van der Waals surface area contributed by atoms with Gasteiger partial charge in [-0.05, 0) is 71.9 Å². The number of carboxylic acids is 1. The number of hydrogen-bond acceptors (Lipinski definition) is 6. The summed E-state index contributed by atoms with van der Waals surface area (Å²) < 4.78 is 26.7. The second kappa shape index (κ2) is 10.2. The van der Waals surface area contributed by atoms with Gasteiger partial charge in [-0.15, -0.1) is 0 Å². The van der Waals surface area contributed by atoms with Crippen LogP contribution in [0.1, 0.15) is 54.2 Å². The van der Waals surface area contributed by atoms with Crippen LogP contribution >= 0.6 is 0 Å². The van der Waals surface area contributed by atoms with Crippen LogP contribution in [0.2, 0.25) is 0 Å². The molecule has 7 nitrogen and oxygen atoms in total. The molecule has 3 aliphatic rings. The molecule has 1 saturated carbocycles. The number of aromatic nitrogens is 1. The van der Waals surface area contributed by atoms with Crippen molar-refractivity contribution in [3.63, 3.8) is 0 Å². The maximum Gasteiger partial charge on any atom is 0.309 e. The number of piperidine rings is 1. The van der Waals surface area contributed by atoms with Crippen LogP contribution in [0.15, 0.2) is 48.7 Å². The summed E-state index contributed by atoms with van der Waals surface area (Å²) >= 11 is 0. The monoisotopic (exact) mass is 532 g/mol. The molecule has 204 valence electrons. The summed E-state index contributed by atoms with van der Waals surface area (Å²) in [6, 6.07) is 13.2. The molecule has 0 spiro atoms. The zero-order valence-corrected chi connectivity index (χ0v) is 22.1. The summed E-state index contributed by atoms with van der Waals surface area (Å²) in [4.78, 5) is 17.8. The van der Waals surface area contributed by atoms with Gasteiger partial charge in [-0.1, -0.05) is 30.3 Å². The van der Waals surface area contributed by atoms with Gasteiger partial charge in [-0.25, -0.2) is 9.37 Å². The summed E-state index contributed by atoms with van der Waals surface area (Å²) in [6.07, 6.45) is 2.77. The van der Waals surface area contributed by atoms with Crippen molar-refractivity contribution in [3.8, 4) is 22.8 Å². The first-order chi connectivity index (χ1) is 18.8. The molecular formula is C31H33FN2O5. The third kappa shape index (κ3) is 5.11. The zero-order valence-electron chi connectivity index (χ0n) is 22.1. The number of halogens is 1. The SMILES string of the molecule is COc1cc(-c2ccc(C3CCc4ccc([C@H](O)[C@H](C)C(=O)O)cc4O3)cc2CN2CC3CC3C2)c(F)cn1. The van der Waals surface area contributed by atoms with Crippen molar-refractivity contribution in [2.75, 3.05) is 20.2 Å². The van der Waals surface area contributed by atoms with E-state index < -0.39 is 23.8 Å². The van der Waals surface area contributed by atoms with Gasteiger partial charge in [0.25, 0.3) is 0 Å². The van der Waals surface area contributed by atoms with Gasteiger partial charge in [-0.2, -0.15) is 0 Å². The number of aliphatic carboxylic acids is 1. The molecule has 6 rings (SSSR count). The first kappa shape index (κ1) is 25.8. The van der Waals surface area contributed by atoms with E-state index in [1.807, 2.05) is 18.2 Å². The predicted molar refractivity (Wildman–Crippen MR) is 143 cm³/mol. The molecule has 3 heterocycles. The normalized spacial score (nSPS) is 23.3. The number of aliphatic hydroxyl groups is 1. The second-order valence-corrected chi connectivity index (χ2v) is 11.2. The smallest absolute Gasteiger partial charge is 0.309 e. The van der Waals surface area contributed by atoms with E-state index in [-0.39, 0.29) is 6.10 Å². The van der Waals surface area contributed by atoms with Gasteiger partial charge in [0.05, 0.1) is 25.3 Å². The van der Waals surface area contributed by atoms with Crippen molar-refractivity contribution >= 4 is 5.97 Å². The molecule has 1 aromatic heterocycles. The van der Waals surface area contributed by atoms with Crippen LogP contribution in [0.4, 0.5) is 4.39 Å². The Morgan fingerprint density at radius 1 is 1.18 bits per heavy atom. The molecule has 0 radical (unpaired) electrons. The summed E-state index contributed by atoms with van der Waals surface area (Å²) in [5.74, 6) is 0.244. The number of methoxy groups -OCH3 is 1. The first-order valence-corrected chi connectivity index (χ1v) is 13.6. The molecule has 5 atom stereocenters. The lowest BCUT2D eigenvalue weighted by molar-refractivity contribution is -0.145. The van der Waals surface area contributed by atoms with E-state index in [4.69, 9.17) is 9.47 Å². The molecule has 2 N–H and O–H groups in total. The zero-order chi connectivity index (χ0) is 27.3. The minimum atomic E-state index is -1.12. The molecule has 0 amide bonds. The Kier molecular flexibility index (Phi) is 6.77. The maximum absolute atomic E-state index is 15.0. The van der Waals surface area contributed by atoms with Crippen molar-refractivity contribution in [2.45, 2.75) is 44.9 Å². The fourth-order valence-electron chi connectivity index (χ4n) is 6.04. The number of pyridine rings is 1. The van der Waals surface area contributed by atoms with Crippen LogP contribution in [0.25, 0.3) is 11.1 Å². The largest absolute Gasteiger partial charge is 0.485 e. The van der Waals surface area contributed by atoms with E-state index in [2.05, 4.69) is 16.0 Å². The number of benzene rings is 2. The topological polar surface area (TPSA) is 92.1 Å². The Hall–Kier alpha value is -3.49. The highest BCUT2D eigenvalue weighted by atomic mass is 19.1. The maximum atomic E-state index is 15.0. The highest BCUT2D eigenvalue weighted by Gasteiger charge is 2.44. The van der Waals surface area contributed by atoms with Crippen molar-refractivity contribution in [1.82, 2.24) is 9.88 Å². The number of likely N-dealkylation sites (tertiary alicyclic amines) is 1. The van der Waals surface area contributed by atoms with Gasteiger partial charge < -0.3 is 19.7 Å². The number of rotatable bonds is 8. The number of fused-ring (bicyclic) bond motifs is 2. The van der Waals surface area contributed by atoms with Crippen LogP contribution in [0.5, 0.6) is 11.6 Å². The van der Waals surface area contributed by atoms with Crippen LogP contribution in [0, 0.1) is 23.6 Å². The average Bonchev–Trinajstić information content (AvgIpc) is 3.56. The van der Waals surface area contributed by atoms with Gasteiger partial charge in [0, 0.05) is 31.3 Å². The number of aliphatic hydroxyl groups excluding tert-OH is 1. The van der Waals surface area contributed by atoms with E-state index in [1.165, 1.54) is 26.7 Å². The Labute approximate surface area is 227 Å². The lowest BCUT2D eigenvalue weighted by Crippen LogP contribution is -2.23. The Bertz CT molecular complexity index is 1400. The third-order valence-electron chi connectivity index (χ3n) is 8.52. The third-order valence-corrected chi connectivity index (χ3v) is 8.52. The molecular weight excluding hydrogens is 499 g/mol. The number of ether oxygens (including phenoxy) is 2. The lowest BCUT2D eigenvalue weighted by atomic mass is 9.91. The first-order valence-electron chi connectivity index (χ1n) is 13.6. The molecule has 3 aromatic rings. The van der Waals surface area contributed by atoms with Gasteiger partial charge in [0.15, 0.2) is 0 Å². The summed E-state index contributed by atoms with van der Waals surface area (Å²) in [5.41, 5.74) is 4.89. The highest BCUT2D eigenvalue weighted by molar-refractivity contribution is 5.71. The summed E-state index contributed by atoms with van der Waals surface area (Å²) in [6.45, 7) is 4.37. The van der Waals surface area contributed by atoms with E-state index in [0.717, 1.165) is 66.6 Å². The van der Waals surface area contributed by atoms with Gasteiger partial charge in [0.2, 0.25) is 5.88 Å². The van der Waals surface area contributed by atoms with E-state index in [0.29, 0.717) is 22.8 Å². The Morgan fingerprint density at radius 2 is 1.97 bits per heavy atom. The fraction of sp³-hybridized carbons (Fsp3) is 0.419. The highest BCUT2D eigenvalue weighted by Crippen LogP contribution is 2.46. The molecule has 3 unspecified atom stereocenters. The standard InChI is InChI=1S/C31H33FN2O5/c1-17(31(36)37)30(35)20-4-3-18-6-8-27(39-28(18)11-20)19-5-7-24(25-12-29(38-2)33-13-26(25)32)23(9-19)16-34-14-21-10-22(21)15-34/h3-5,7,9,11-13,17,21-22,27,30,35H,6,8,10,14-16H2,1-2H3,(H,36,37)/t17-,21?,22?,27?,30+/m0/s1. The Morgan fingerprint density at radius 3 is 2.72 bits per heavy atom. The van der Waals surface area contributed by atoms with Gasteiger partial charge in [-0.3, -0.25) is 9.69 Å².